The van der Waals surface area contributed by atoms with Crippen LogP contribution in [0.1, 0.15) is 88.6 Å². The minimum Gasteiger partial charge on any atom is -0.311 e. The number of aryl methyl sites for hydroxylation is 1. The summed E-state index contributed by atoms with van der Waals surface area (Å²) in [6.45, 7) is 16.2. The van der Waals surface area contributed by atoms with Crippen molar-refractivity contribution in [2.45, 2.75) is 73.1 Å². The van der Waals surface area contributed by atoms with Gasteiger partial charge in [-0.1, -0.05) is 193 Å². The van der Waals surface area contributed by atoms with E-state index in [1.807, 2.05) is 0 Å². The van der Waals surface area contributed by atoms with E-state index in [-0.39, 0.29) is 11.3 Å². The number of anilines is 3. The molecule has 0 spiro atoms. The lowest BCUT2D eigenvalue weighted by molar-refractivity contribution is 0.280. The lowest BCUT2D eigenvalue weighted by Crippen LogP contribution is -2.20. The molecule has 334 valence electrons. The van der Waals surface area contributed by atoms with Crippen molar-refractivity contribution < 1.29 is 0 Å². The van der Waals surface area contributed by atoms with Gasteiger partial charge in [0.1, 0.15) is 0 Å². The summed E-state index contributed by atoms with van der Waals surface area (Å²) in [5.41, 5.74) is 18.4. The lowest BCUT2D eigenvalue weighted by Gasteiger charge is -2.32. The van der Waals surface area contributed by atoms with Gasteiger partial charge in [0, 0.05) is 39.7 Å². The van der Waals surface area contributed by atoms with E-state index in [4.69, 9.17) is 0 Å². The van der Waals surface area contributed by atoms with Crippen LogP contribution in [0.5, 0.6) is 0 Å². The van der Waals surface area contributed by atoms with Gasteiger partial charge in [0.15, 0.2) is 0 Å². The number of nitrogens with zero attached hydrogens (tertiary/aromatic N) is 2. The van der Waals surface area contributed by atoms with Crippen LogP contribution >= 0.6 is 0 Å². The first-order valence-corrected chi connectivity index (χ1v) is 24.2. The van der Waals surface area contributed by atoms with Crippen LogP contribution < -0.4 is 4.90 Å². The summed E-state index contributed by atoms with van der Waals surface area (Å²) < 4.78 is 2.41. The van der Waals surface area contributed by atoms with Crippen molar-refractivity contribution in [2.75, 3.05) is 4.90 Å². The highest BCUT2D eigenvalue weighted by molar-refractivity contribution is 5.90. The summed E-state index contributed by atoms with van der Waals surface area (Å²) in [7, 11) is 0. The summed E-state index contributed by atoms with van der Waals surface area (Å²) in [6.07, 6.45) is 6.92. The molecule has 2 nitrogen and oxygen atoms in total. The molecule has 1 heterocycles. The molecule has 1 aromatic heterocycles. The molecule has 0 fully saturated rings. The van der Waals surface area contributed by atoms with Crippen molar-refractivity contribution in [3.05, 3.63) is 235 Å². The lowest BCUT2D eigenvalue weighted by atomic mass is 9.72. The number of rotatable bonds is 14. The number of allylic oxidation sites excluding steroid dienone is 1. The van der Waals surface area contributed by atoms with Crippen LogP contribution in [0.25, 0.3) is 56.0 Å². The Morgan fingerprint density at radius 1 is 0.507 bits per heavy atom. The topological polar surface area (TPSA) is 8.17 Å². The number of fused-ring (bicyclic) bond motifs is 1. The molecule has 0 bridgehead atoms. The zero-order chi connectivity index (χ0) is 46.5. The first-order chi connectivity index (χ1) is 32.5. The van der Waals surface area contributed by atoms with E-state index in [9.17, 15) is 0 Å². The molecule has 2 unspecified atom stereocenters. The zero-order valence-corrected chi connectivity index (χ0v) is 40.3. The highest BCUT2D eigenvalue weighted by Crippen LogP contribution is 2.41. The third-order valence-corrected chi connectivity index (χ3v) is 13.5. The van der Waals surface area contributed by atoms with Crippen molar-refractivity contribution >= 4 is 34.0 Å². The molecule has 2 heteroatoms. The third-order valence-electron chi connectivity index (χ3n) is 13.5. The number of hydrogen-bond acceptors (Lipinski definition) is 1. The average molecular weight is 873 g/mol. The Bertz CT molecular complexity index is 2960. The third kappa shape index (κ3) is 10.2. The van der Waals surface area contributed by atoms with E-state index in [0.29, 0.717) is 11.8 Å². The van der Waals surface area contributed by atoms with Crippen LogP contribution in [0, 0.1) is 18.3 Å². The monoisotopic (exact) mass is 873 g/mol. The molecule has 0 saturated heterocycles. The fourth-order valence-electron chi connectivity index (χ4n) is 9.77. The second-order valence-corrected chi connectivity index (χ2v) is 19.8. The van der Waals surface area contributed by atoms with Gasteiger partial charge < -0.3 is 9.47 Å². The number of aromatic nitrogens is 1. The van der Waals surface area contributed by atoms with E-state index in [2.05, 4.69) is 276 Å². The van der Waals surface area contributed by atoms with Crippen LogP contribution in [0.2, 0.25) is 0 Å². The predicted octanol–water partition coefficient (Wildman–Crippen LogP) is 18.8. The first-order valence-electron chi connectivity index (χ1n) is 24.2. The Labute approximate surface area is 399 Å². The molecular formula is C65H64N2. The van der Waals surface area contributed by atoms with Crippen molar-refractivity contribution in [3.63, 3.8) is 0 Å². The fourth-order valence-corrected chi connectivity index (χ4v) is 9.77. The first kappa shape index (κ1) is 45.0. The van der Waals surface area contributed by atoms with Crippen molar-refractivity contribution in [1.29, 1.82) is 0 Å². The van der Waals surface area contributed by atoms with Gasteiger partial charge in [-0.15, -0.1) is 0 Å². The second-order valence-electron chi connectivity index (χ2n) is 19.8. The number of benzene rings is 8. The molecule has 0 aliphatic carbocycles. The van der Waals surface area contributed by atoms with Gasteiger partial charge >= 0.3 is 0 Å². The van der Waals surface area contributed by atoms with E-state index < -0.39 is 0 Å². The molecule has 8 aromatic carbocycles. The maximum Gasteiger partial charge on any atom is 0.0535 e. The summed E-state index contributed by atoms with van der Waals surface area (Å²) >= 11 is 0. The van der Waals surface area contributed by atoms with Crippen LogP contribution in [-0.4, -0.2) is 4.57 Å². The predicted molar refractivity (Wildman–Crippen MR) is 289 cm³/mol. The molecule has 0 N–H and O–H groups in total. The van der Waals surface area contributed by atoms with Gasteiger partial charge in [0.25, 0.3) is 0 Å². The second kappa shape index (κ2) is 19.7. The van der Waals surface area contributed by atoms with Crippen molar-refractivity contribution in [3.8, 4) is 39.1 Å². The maximum atomic E-state index is 2.41. The molecule has 9 rings (SSSR count). The Morgan fingerprint density at radius 2 is 0.970 bits per heavy atom. The van der Waals surface area contributed by atoms with Gasteiger partial charge in [0.2, 0.25) is 0 Å². The molecule has 0 saturated carbocycles. The van der Waals surface area contributed by atoms with Crippen molar-refractivity contribution in [2.24, 2.45) is 11.3 Å². The Kier molecular flexibility index (Phi) is 13.3. The van der Waals surface area contributed by atoms with E-state index in [1.165, 1.54) is 78.8 Å². The molecule has 0 amide bonds. The molecule has 9 aromatic rings. The zero-order valence-electron chi connectivity index (χ0n) is 40.3. The fraction of sp³-hybridized carbons (Fsp3) is 0.200. The van der Waals surface area contributed by atoms with Gasteiger partial charge in [-0.05, 0) is 154 Å². The summed E-state index contributed by atoms with van der Waals surface area (Å²) in [5, 5.41) is 1.24. The van der Waals surface area contributed by atoms with Crippen molar-refractivity contribution in [1.82, 2.24) is 4.57 Å². The summed E-state index contributed by atoms with van der Waals surface area (Å²) in [6, 6.07) is 75.9. The van der Waals surface area contributed by atoms with Gasteiger partial charge in [-0.25, -0.2) is 0 Å². The molecule has 0 radical (unpaired) electrons. The molecule has 0 aliphatic rings. The molecule has 0 aliphatic heterocycles. The Morgan fingerprint density at radius 3 is 1.48 bits per heavy atom. The largest absolute Gasteiger partial charge is 0.311 e. The minimum atomic E-state index is 0.210. The van der Waals surface area contributed by atoms with Crippen LogP contribution in [0.3, 0.4) is 0 Å². The summed E-state index contributed by atoms with van der Waals surface area (Å²) in [5.74, 6) is 1.42. The normalized spacial score (nSPS) is 12.8. The quantitative estimate of drug-likeness (QED) is 0.106. The van der Waals surface area contributed by atoms with Gasteiger partial charge in [-0.3, -0.25) is 0 Å². The Balaban J connectivity index is 1.02. The number of hydrogen-bond donors (Lipinski definition) is 0. The maximum absolute atomic E-state index is 2.41. The SMILES string of the molecule is CCC(/C=C\c1cc2cc(-c3ccc(C(CC(C)C)C(C)(C)C)cc3)ccc2n1-c1ccc(C)cc1)c1ccc(N(c2ccc(-c3ccccc3)cc2)c2ccc(-c3ccccc3)cc2)cc1. The minimum absolute atomic E-state index is 0.210. The highest BCUT2D eigenvalue weighted by Gasteiger charge is 2.27. The Hall–Kier alpha value is -7.16. The molecule has 67 heavy (non-hydrogen) atoms. The molecular weight excluding hydrogens is 809 g/mol. The molecule has 2 atom stereocenters. The standard InChI is InChI=1S/C65H64N2/c1-8-48(51-26-35-58(36-27-51)66(59-37-28-52(29-38-59)49-15-11-9-12-16-49)60-39-30-53(31-40-60)50-17-13-10-14-18-50)25-41-62-45-57-44-56(32-42-64(57)67(62)61-33-19-47(4)20-34-61)54-21-23-55(24-22-54)63(43-46(2)3)65(5,6)7/h9-42,44-46,48,63H,8,43H2,1-7H3/b41-25-. The average Bonchev–Trinajstić information content (AvgIpc) is 3.72. The van der Waals surface area contributed by atoms with E-state index >= 15 is 0 Å². The van der Waals surface area contributed by atoms with Gasteiger partial charge in [0.05, 0.1) is 5.52 Å². The summed E-state index contributed by atoms with van der Waals surface area (Å²) in [4.78, 5) is 2.36. The highest BCUT2D eigenvalue weighted by atomic mass is 15.1. The van der Waals surface area contributed by atoms with Crippen LogP contribution in [0.4, 0.5) is 17.1 Å². The van der Waals surface area contributed by atoms with E-state index in [1.54, 1.807) is 0 Å². The van der Waals surface area contributed by atoms with Crippen LogP contribution in [-0.2, 0) is 0 Å². The smallest absolute Gasteiger partial charge is 0.0535 e. The van der Waals surface area contributed by atoms with Gasteiger partial charge in [-0.2, -0.15) is 0 Å². The van der Waals surface area contributed by atoms with E-state index in [0.717, 1.165) is 23.5 Å². The van der Waals surface area contributed by atoms with Crippen LogP contribution in [0.15, 0.2) is 212 Å².